The molecule has 0 aliphatic carbocycles. The zero-order chi connectivity index (χ0) is 11.7. The smallest absolute Gasteiger partial charge is 0.319 e. The second-order valence-electron chi connectivity index (χ2n) is 5.23. The molecule has 2 unspecified atom stereocenters. The summed E-state index contributed by atoms with van der Waals surface area (Å²) in [4.78, 5) is 15.8. The van der Waals surface area contributed by atoms with Gasteiger partial charge in [-0.1, -0.05) is 0 Å². The number of nitrogens with one attached hydrogen (secondary N) is 1. The fraction of sp³-hybridized carbons (Fsp3) is 0.917. The van der Waals surface area contributed by atoms with Gasteiger partial charge in [-0.3, -0.25) is 0 Å². The Bertz CT molecular complexity index is 255. The highest BCUT2D eigenvalue weighted by atomic mass is 16.2. The molecule has 0 aromatic heterocycles. The second kappa shape index (κ2) is 4.62. The van der Waals surface area contributed by atoms with Gasteiger partial charge < -0.3 is 15.1 Å². The van der Waals surface area contributed by atoms with E-state index in [9.17, 15) is 4.79 Å². The van der Waals surface area contributed by atoms with Crippen LogP contribution in [0.5, 0.6) is 0 Å². The highest BCUT2D eigenvalue weighted by Gasteiger charge is 2.37. The molecule has 1 N–H and O–H groups in total. The first-order chi connectivity index (χ1) is 7.61. The third-order valence-corrected chi connectivity index (χ3v) is 3.86. The SMILES string of the molecule is CCN(C(=O)N(C)C)C1CC2CCC(C1)N2. The van der Waals surface area contributed by atoms with Crippen LogP contribution < -0.4 is 5.32 Å². The van der Waals surface area contributed by atoms with Crippen LogP contribution in [0, 0.1) is 0 Å². The number of hydrogen-bond acceptors (Lipinski definition) is 2. The minimum atomic E-state index is 0.161. The number of rotatable bonds is 2. The number of fused-ring (bicyclic) bond motifs is 2. The van der Waals surface area contributed by atoms with E-state index in [4.69, 9.17) is 0 Å². The molecule has 2 amide bonds. The molecular weight excluding hydrogens is 202 g/mol. The Balaban J connectivity index is 2.02. The summed E-state index contributed by atoms with van der Waals surface area (Å²) in [7, 11) is 3.67. The monoisotopic (exact) mass is 225 g/mol. The number of nitrogens with zero attached hydrogens (tertiary/aromatic N) is 2. The molecule has 4 heteroatoms. The van der Waals surface area contributed by atoms with Crippen LogP contribution >= 0.6 is 0 Å². The van der Waals surface area contributed by atoms with E-state index in [0.717, 1.165) is 19.4 Å². The molecule has 0 aromatic carbocycles. The lowest BCUT2D eigenvalue weighted by Gasteiger charge is -2.38. The van der Waals surface area contributed by atoms with Gasteiger partial charge >= 0.3 is 6.03 Å². The van der Waals surface area contributed by atoms with Crippen molar-refractivity contribution in [2.45, 2.75) is 50.7 Å². The molecule has 16 heavy (non-hydrogen) atoms. The van der Waals surface area contributed by atoms with E-state index in [1.807, 2.05) is 19.0 Å². The molecule has 2 fully saturated rings. The Labute approximate surface area is 98.0 Å². The third kappa shape index (κ3) is 2.17. The van der Waals surface area contributed by atoms with E-state index in [0.29, 0.717) is 18.1 Å². The van der Waals surface area contributed by atoms with Gasteiger partial charge in [-0.2, -0.15) is 0 Å². The Morgan fingerprint density at radius 1 is 1.25 bits per heavy atom. The summed E-state index contributed by atoms with van der Waals surface area (Å²) in [5, 5.41) is 3.62. The number of piperidine rings is 1. The summed E-state index contributed by atoms with van der Waals surface area (Å²) in [5.74, 6) is 0. The normalized spacial score (nSPS) is 32.6. The van der Waals surface area contributed by atoms with E-state index in [1.54, 1.807) is 4.90 Å². The quantitative estimate of drug-likeness (QED) is 0.768. The Morgan fingerprint density at radius 2 is 1.81 bits per heavy atom. The summed E-state index contributed by atoms with van der Waals surface area (Å²) in [5.41, 5.74) is 0. The van der Waals surface area contributed by atoms with Crippen LogP contribution in [0.25, 0.3) is 0 Å². The maximum absolute atomic E-state index is 12.0. The minimum Gasteiger partial charge on any atom is -0.331 e. The third-order valence-electron chi connectivity index (χ3n) is 3.86. The van der Waals surface area contributed by atoms with Crippen LogP contribution in [0.4, 0.5) is 4.79 Å². The number of hydrogen-bond donors (Lipinski definition) is 1. The van der Waals surface area contributed by atoms with Gasteiger partial charge in [-0.25, -0.2) is 4.79 Å². The van der Waals surface area contributed by atoms with E-state index < -0.39 is 0 Å². The zero-order valence-corrected chi connectivity index (χ0v) is 10.6. The number of carbonyl (C=O) groups is 1. The lowest BCUT2D eigenvalue weighted by atomic mass is 9.98. The van der Waals surface area contributed by atoms with Crippen molar-refractivity contribution in [1.82, 2.24) is 15.1 Å². The molecule has 92 valence electrons. The van der Waals surface area contributed by atoms with E-state index in [1.165, 1.54) is 12.8 Å². The van der Waals surface area contributed by atoms with Crippen LogP contribution in [0.2, 0.25) is 0 Å². The predicted molar refractivity (Wildman–Crippen MR) is 64.4 cm³/mol. The van der Waals surface area contributed by atoms with Crippen LogP contribution in [-0.2, 0) is 0 Å². The Morgan fingerprint density at radius 3 is 2.25 bits per heavy atom. The molecular formula is C12H23N3O. The molecule has 0 aromatic rings. The molecule has 2 aliphatic heterocycles. The average Bonchev–Trinajstić information content (AvgIpc) is 2.59. The summed E-state index contributed by atoms with van der Waals surface area (Å²) in [6.45, 7) is 2.90. The van der Waals surface area contributed by atoms with Crippen molar-refractivity contribution in [3.63, 3.8) is 0 Å². The lowest BCUT2D eigenvalue weighted by molar-refractivity contribution is 0.130. The average molecular weight is 225 g/mol. The predicted octanol–water partition coefficient (Wildman–Crippen LogP) is 1.27. The van der Waals surface area contributed by atoms with Gasteiger partial charge in [0, 0.05) is 38.8 Å². The molecule has 4 nitrogen and oxygen atoms in total. The van der Waals surface area contributed by atoms with Gasteiger partial charge in [0.15, 0.2) is 0 Å². The van der Waals surface area contributed by atoms with Crippen molar-refractivity contribution in [3.05, 3.63) is 0 Å². The summed E-state index contributed by atoms with van der Waals surface area (Å²) < 4.78 is 0. The maximum atomic E-state index is 12.0. The van der Waals surface area contributed by atoms with E-state index in [-0.39, 0.29) is 6.03 Å². The Hall–Kier alpha value is -0.770. The van der Waals surface area contributed by atoms with Crippen LogP contribution in [-0.4, -0.2) is 54.6 Å². The molecule has 2 aliphatic rings. The molecule has 2 bridgehead atoms. The van der Waals surface area contributed by atoms with Crippen molar-refractivity contribution in [3.8, 4) is 0 Å². The second-order valence-corrected chi connectivity index (χ2v) is 5.23. The molecule has 0 radical (unpaired) electrons. The minimum absolute atomic E-state index is 0.161. The Kier molecular flexibility index (Phi) is 3.38. The first kappa shape index (κ1) is 11.7. The lowest BCUT2D eigenvalue weighted by Crippen LogP contribution is -2.52. The fourth-order valence-electron chi connectivity index (χ4n) is 3.09. The first-order valence-corrected chi connectivity index (χ1v) is 6.35. The van der Waals surface area contributed by atoms with Crippen LogP contribution in [0.1, 0.15) is 32.6 Å². The highest BCUT2D eigenvalue weighted by Crippen LogP contribution is 2.29. The fourth-order valence-corrected chi connectivity index (χ4v) is 3.09. The van der Waals surface area contributed by atoms with Gasteiger partial charge in [-0.05, 0) is 32.6 Å². The van der Waals surface area contributed by atoms with Crippen LogP contribution in [0.15, 0.2) is 0 Å². The van der Waals surface area contributed by atoms with Crippen molar-refractivity contribution < 1.29 is 4.79 Å². The molecule has 2 atom stereocenters. The molecule has 2 saturated heterocycles. The maximum Gasteiger partial charge on any atom is 0.319 e. The molecule has 0 spiro atoms. The van der Waals surface area contributed by atoms with E-state index >= 15 is 0 Å². The number of carbonyl (C=O) groups excluding carboxylic acids is 1. The van der Waals surface area contributed by atoms with E-state index in [2.05, 4.69) is 12.2 Å². The van der Waals surface area contributed by atoms with Gasteiger partial charge in [0.25, 0.3) is 0 Å². The summed E-state index contributed by atoms with van der Waals surface area (Å²) in [6.07, 6.45) is 4.83. The molecule has 0 saturated carbocycles. The molecule has 2 heterocycles. The van der Waals surface area contributed by atoms with Gasteiger partial charge in [0.05, 0.1) is 0 Å². The zero-order valence-electron chi connectivity index (χ0n) is 10.6. The summed E-state index contributed by atoms with van der Waals surface area (Å²) in [6, 6.07) is 1.90. The highest BCUT2D eigenvalue weighted by molar-refractivity contribution is 5.74. The van der Waals surface area contributed by atoms with Crippen LogP contribution in [0.3, 0.4) is 0 Å². The number of urea groups is 1. The summed E-state index contributed by atoms with van der Waals surface area (Å²) >= 11 is 0. The van der Waals surface area contributed by atoms with Gasteiger partial charge in [0.2, 0.25) is 0 Å². The number of amides is 2. The first-order valence-electron chi connectivity index (χ1n) is 6.35. The van der Waals surface area contributed by atoms with Gasteiger partial charge in [0.1, 0.15) is 0 Å². The van der Waals surface area contributed by atoms with Gasteiger partial charge in [-0.15, -0.1) is 0 Å². The molecule has 2 rings (SSSR count). The van der Waals surface area contributed by atoms with Crippen molar-refractivity contribution >= 4 is 6.03 Å². The van der Waals surface area contributed by atoms with Crippen molar-refractivity contribution in [2.75, 3.05) is 20.6 Å². The largest absolute Gasteiger partial charge is 0.331 e. The standard InChI is InChI=1S/C12H23N3O/c1-4-15(12(16)14(2)3)11-7-9-5-6-10(8-11)13-9/h9-11,13H,4-8H2,1-3H3. The topological polar surface area (TPSA) is 35.6 Å². The van der Waals surface area contributed by atoms with Crippen molar-refractivity contribution in [1.29, 1.82) is 0 Å². The van der Waals surface area contributed by atoms with Crippen molar-refractivity contribution in [2.24, 2.45) is 0 Å².